The lowest BCUT2D eigenvalue weighted by Gasteiger charge is -2.40. The third-order valence-corrected chi connectivity index (χ3v) is 4.11. The van der Waals surface area contributed by atoms with Crippen LogP contribution in [0.1, 0.15) is 37.8 Å². The molecule has 1 heterocycles. The second-order valence-corrected chi connectivity index (χ2v) is 6.33. The van der Waals surface area contributed by atoms with Crippen molar-refractivity contribution in [3.8, 4) is 6.07 Å². The van der Waals surface area contributed by atoms with Gasteiger partial charge in [-0.15, -0.1) is 0 Å². The summed E-state index contributed by atoms with van der Waals surface area (Å²) >= 11 is 0. The molecular weight excluding hydrogens is 300 g/mol. The van der Waals surface area contributed by atoms with Crippen LogP contribution in [0.4, 0.5) is 8.78 Å². The van der Waals surface area contributed by atoms with E-state index in [9.17, 15) is 8.78 Å². The highest BCUT2D eigenvalue weighted by Crippen LogP contribution is 2.34. The van der Waals surface area contributed by atoms with Crippen LogP contribution in [0.25, 0.3) is 5.57 Å². The predicted molar refractivity (Wildman–Crippen MR) is 83.4 cm³/mol. The minimum atomic E-state index is -0.739. The number of halogens is 2. The minimum Gasteiger partial charge on any atom is -0.350 e. The summed E-state index contributed by atoms with van der Waals surface area (Å²) in [6.07, 6.45) is 0.352. The monoisotopic (exact) mass is 321 g/mol. The van der Waals surface area contributed by atoms with Crippen LogP contribution in [0.2, 0.25) is 0 Å². The number of hydrogen-bond donors (Lipinski definition) is 0. The molecule has 0 saturated carbocycles. The van der Waals surface area contributed by atoms with Crippen molar-refractivity contribution in [2.45, 2.75) is 45.5 Å². The highest BCUT2D eigenvalue weighted by atomic mass is 19.1. The molecule has 1 aromatic carbocycles. The van der Waals surface area contributed by atoms with Gasteiger partial charge in [-0.05, 0) is 44.9 Å². The van der Waals surface area contributed by atoms with E-state index in [1.54, 1.807) is 13.8 Å². The van der Waals surface area contributed by atoms with Crippen LogP contribution < -0.4 is 0 Å². The zero-order valence-corrected chi connectivity index (χ0v) is 13.7. The Balaban J connectivity index is 2.16. The van der Waals surface area contributed by atoms with Crippen molar-refractivity contribution >= 4 is 5.57 Å². The predicted octanol–water partition coefficient (Wildman–Crippen LogP) is 4.36. The summed E-state index contributed by atoms with van der Waals surface area (Å²) in [6.45, 7) is 9.32. The molecule has 2 atom stereocenters. The molecule has 0 aliphatic carbocycles. The van der Waals surface area contributed by atoms with E-state index in [2.05, 4.69) is 12.6 Å². The van der Waals surface area contributed by atoms with E-state index in [-0.39, 0.29) is 24.0 Å². The van der Waals surface area contributed by atoms with Crippen molar-refractivity contribution in [1.82, 2.24) is 0 Å². The summed E-state index contributed by atoms with van der Waals surface area (Å²) in [6, 6.07) is 4.75. The van der Waals surface area contributed by atoms with Gasteiger partial charge in [-0.2, -0.15) is 5.26 Å². The molecule has 124 valence electrons. The molecule has 0 bridgehead atoms. The van der Waals surface area contributed by atoms with E-state index in [1.165, 1.54) is 19.1 Å². The van der Waals surface area contributed by atoms with Gasteiger partial charge in [0.1, 0.15) is 11.6 Å². The maximum Gasteiger partial charge on any atom is 0.163 e. The van der Waals surface area contributed by atoms with Gasteiger partial charge < -0.3 is 9.47 Å². The van der Waals surface area contributed by atoms with Crippen LogP contribution in [0, 0.1) is 35.8 Å². The molecule has 1 fully saturated rings. The Labute approximate surface area is 135 Å². The standard InChI is InChI=1S/C18H21F2NO2/c1-11(14-5-6-15(19)12(2)17(14)20)9-13-10-22-18(3,4)23-16(13)7-8-21/h5-6,13,16H,1,7,9-10H2,2-4H3/t13-,16?/m1/s1. The topological polar surface area (TPSA) is 42.2 Å². The number of rotatable bonds is 4. The van der Waals surface area contributed by atoms with Crippen molar-refractivity contribution in [2.75, 3.05) is 6.61 Å². The molecule has 1 saturated heterocycles. The summed E-state index contributed by atoms with van der Waals surface area (Å²) in [5.41, 5.74) is 0.824. The second-order valence-electron chi connectivity index (χ2n) is 6.33. The summed E-state index contributed by atoms with van der Waals surface area (Å²) in [5, 5.41) is 8.97. The Morgan fingerprint density at radius 2 is 2.13 bits per heavy atom. The minimum absolute atomic E-state index is 0.0190. The third kappa shape index (κ3) is 3.95. The Morgan fingerprint density at radius 1 is 1.43 bits per heavy atom. The van der Waals surface area contributed by atoms with E-state index < -0.39 is 17.4 Å². The van der Waals surface area contributed by atoms with E-state index >= 15 is 0 Å². The van der Waals surface area contributed by atoms with Crippen LogP contribution in [-0.4, -0.2) is 18.5 Å². The van der Waals surface area contributed by atoms with E-state index in [0.717, 1.165) is 0 Å². The number of benzene rings is 1. The highest BCUT2D eigenvalue weighted by Gasteiger charge is 2.36. The lowest BCUT2D eigenvalue weighted by Crippen LogP contribution is -2.45. The average Bonchev–Trinajstić information content (AvgIpc) is 2.47. The number of hydrogen-bond acceptors (Lipinski definition) is 3. The van der Waals surface area contributed by atoms with Gasteiger partial charge in [0.25, 0.3) is 0 Å². The van der Waals surface area contributed by atoms with Crippen molar-refractivity contribution in [3.05, 3.63) is 41.5 Å². The Kier molecular flexibility index (Phi) is 5.18. The molecule has 2 rings (SSSR count). The van der Waals surface area contributed by atoms with E-state index in [1.807, 2.05) is 0 Å². The van der Waals surface area contributed by atoms with Gasteiger partial charge in [0.05, 0.1) is 25.2 Å². The molecule has 3 nitrogen and oxygen atoms in total. The molecule has 5 heteroatoms. The van der Waals surface area contributed by atoms with Crippen LogP contribution in [0.3, 0.4) is 0 Å². The number of ether oxygens (including phenoxy) is 2. The fraction of sp³-hybridized carbons (Fsp3) is 0.500. The largest absolute Gasteiger partial charge is 0.350 e. The number of nitrogens with zero attached hydrogens (tertiary/aromatic N) is 1. The van der Waals surface area contributed by atoms with Crippen LogP contribution in [0.5, 0.6) is 0 Å². The summed E-state index contributed by atoms with van der Waals surface area (Å²) in [5.74, 6) is -2.01. The molecule has 1 aliphatic heterocycles. The van der Waals surface area contributed by atoms with Gasteiger partial charge in [0.15, 0.2) is 5.79 Å². The molecule has 0 aromatic heterocycles. The molecular formula is C18H21F2NO2. The van der Waals surface area contributed by atoms with E-state index in [4.69, 9.17) is 14.7 Å². The molecule has 0 spiro atoms. The van der Waals surface area contributed by atoms with Gasteiger partial charge in [0, 0.05) is 17.0 Å². The summed E-state index contributed by atoms with van der Waals surface area (Å²) in [4.78, 5) is 0. The molecule has 0 N–H and O–H groups in total. The fourth-order valence-corrected chi connectivity index (χ4v) is 2.76. The lowest BCUT2D eigenvalue weighted by atomic mass is 9.89. The first kappa shape index (κ1) is 17.6. The first-order valence-electron chi connectivity index (χ1n) is 7.56. The smallest absolute Gasteiger partial charge is 0.163 e. The molecule has 23 heavy (non-hydrogen) atoms. The quantitative estimate of drug-likeness (QED) is 0.827. The van der Waals surface area contributed by atoms with Gasteiger partial charge in [0.2, 0.25) is 0 Å². The zero-order chi connectivity index (χ0) is 17.2. The van der Waals surface area contributed by atoms with Crippen LogP contribution in [0.15, 0.2) is 18.7 Å². The van der Waals surface area contributed by atoms with Gasteiger partial charge in [-0.25, -0.2) is 8.78 Å². The average molecular weight is 321 g/mol. The molecule has 0 radical (unpaired) electrons. The number of allylic oxidation sites excluding steroid dienone is 1. The summed E-state index contributed by atoms with van der Waals surface area (Å²) < 4.78 is 39.0. The van der Waals surface area contributed by atoms with Crippen molar-refractivity contribution < 1.29 is 18.3 Å². The van der Waals surface area contributed by atoms with E-state index in [0.29, 0.717) is 24.2 Å². The normalized spacial score (nSPS) is 23.3. The Bertz CT molecular complexity index is 649. The highest BCUT2D eigenvalue weighted by molar-refractivity contribution is 5.65. The first-order valence-corrected chi connectivity index (χ1v) is 7.56. The van der Waals surface area contributed by atoms with Crippen molar-refractivity contribution in [1.29, 1.82) is 5.26 Å². The Morgan fingerprint density at radius 3 is 2.78 bits per heavy atom. The molecule has 1 unspecified atom stereocenters. The van der Waals surface area contributed by atoms with Gasteiger partial charge in [-0.1, -0.05) is 6.58 Å². The lowest BCUT2D eigenvalue weighted by molar-refractivity contribution is -0.290. The van der Waals surface area contributed by atoms with Gasteiger partial charge in [-0.3, -0.25) is 0 Å². The van der Waals surface area contributed by atoms with Crippen molar-refractivity contribution in [3.63, 3.8) is 0 Å². The molecule has 0 amide bonds. The van der Waals surface area contributed by atoms with Gasteiger partial charge >= 0.3 is 0 Å². The number of nitriles is 1. The van der Waals surface area contributed by atoms with Crippen LogP contribution >= 0.6 is 0 Å². The molecule has 1 aliphatic rings. The zero-order valence-electron chi connectivity index (χ0n) is 13.7. The molecule has 1 aromatic rings. The summed E-state index contributed by atoms with van der Waals surface area (Å²) in [7, 11) is 0. The maximum absolute atomic E-state index is 14.2. The maximum atomic E-state index is 14.2. The second kappa shape index (κ2) is 6.77. The SMILES string of the molecule is C=C(C[C@@H]1COC(C)(C)OC1CC#N)c1ccc(F)c(C)c1F. The first-order chi connectivity index (χ1) is 10.7. The Hall–Kier alpha value is -1.77. The fourth-order valence-electron chi connectivity index (χ4n) is 2.76. The van der Waals surface area contributed by atoms with Crippen LogP contribution in [-0.2, 0) is 9.47 Å². The van der Waals surface area contributed by atoms with Crippen molar-refractivity contribution in [2.24, 2.45) is 5.92 Å². The third-order valence-electron chi connectivity index (χ3n) is 4.11.